The Kier molecular flexibility index (Phi) is 10.7. The Morgan fingerprint density at radius 3 is 1.89 bits per heavy atom. The summed E-state index contributed by atoms with van der Waals surface area (Å²) in [6.45, 7) is 4.09. The van der Waals surface area contributed by atoms with Crippen LogP contribution in [0, 0.1) is 0 Å². The van der Waals surface area contributed by atoms with Crippen LogP contribution in [0.4, 0.5) is 5.69 Å². The minimum Gasteiger partial charge on any atom is -0.463 e. The zero-order valence-electron chi connectivity index (χ0n) is 19.3. The Morgan fingerprint density at radius 2 is 1.37 bits per heavy atom. The molecule has 1 saturated heterocycles. The molecule has 5 atom stereocenters. The Bertz CT molecular complexity index is 939. The van der Waals surface area contributed by atoms with Crippen molar-refractivity contribution in [3.63, 3.8) is 0 Å². The quantitative estimate of drug-likeness (QED) is 0.161. The van der Waals surface area contributed by atoms with Crippen LogP contribution in [0.25, 0.3) is 0 Å². The number of carbonyl (C=O) groups is 4. The van der Waals surface area contributed by atoms with Crippen molar-refractivity contribution < 1.29 is 47.6 Å². The van der Waals surface area contributed by atoms with Gasteiger partial charge in [0.25, 0.3) is 0 Å². The van der Waals surface area contributed by atoms with E-state index in [2.05, 4.69) is 4.99 Å². The average Bonchev–Trinajstić information content (AvgIpc) is 2.75. The molecule has 13 heteroatoms. The number of nitrogens with zero attached hydrogens (tertiary/aromatic N) is 1. The van der Waals surface area contributed by atoms with Gasteiger partial charge in [0.05, 0.1) is 5.69 Å². The molecule has 1 fully saturated rings. The van der Waals surface area contributed by atoms with Crippen LogP contribution >= 0.6 is 23.2 Å². The number of carbonyl (C=O) groups excluding carboxylic acids is 4. The maximum absolute atomic E-state index is 11.9. The summed E-state index contributed by atoms with van der Waals surface area (Å²) in [6, 6.07) is 8.54. The maximum atomic E-state index is 11.9. The Morgan fingerprint density at radius 1 is 0.829 bits per heavy atom. The number of para-hydroxylation sites is 1. The standard InChI is InChI=1S/C22H25Cl2NO10/c1-11(26)30-10-16-17(31-12(2)27)18(32-13(3)28)19(33-14(4)29)22(34-16)35-21(20(23)24)25-15-8-6-5-7-9-15/h5-9,16-20,22H,10H2,1-4H3/t16-,17-,18+,19-,22?/m1/s1. The maximum Gasteiger partial charge on any atom is 0.303 e. The van der Waals surface area contributed by atoms with Crippen molar-refractivity contribution in [3.8, 4) is 0 Å². The summed E-state index contributed by atoms with van der Waals surface area (Å²) in [5, 5.41) is 0. The average molecular weight is 534 g/mol. The zero-order chi connectivity index (χ0) is 26.1. The van der Waals surface area contributed by atoms with Gasteiger partial charge in [0.2, 0.25) is 18.3 Å². The number of esters is 4. The van der Waals surface area contributed by atoms with Crippen molar-refractivity contribution in [2.24, 2.45) is 4.99 Å². The van der Waals surface area contributed by atoms with Crippen molar-refractivity contribution in [1.29, 1.82) is 0 Å². The van der Waals surface area contributed by atoms with E-state index in [0.29, 0.717) is 5.69 Å². The molecule has 0 amide bonds. The lowest BCUT2D eigenvalue weighted by molar-refractivity contribution is -0.291. The first-order chi connectivity index (χ1) is 16.5. The van der Waals surface area contributed by atoms with Crippen molar-refractivity contribution in [2.75, 3.05) is 6.61 Å². The molecule has 0 aromatic heterocycles. The lowest BCUT2D eigenvalue weighted by atomic mass is 9.98. The topological polar surface area (TPSA) is 136 Å². The van der Waals surface area contributed by atoms with Crippen molar-refractivity contribution in [1.82, 2.24) is 0 Å². The molecular weight excluding hydrogens is 509 g/mol. The first-order valence-corrected chi connectivity index (χ1v) is 11.2. The highest BCUT2D eigenvalue weighted by Gasteiger charge is 2.53. The number of alkyl halides is 2. The fraction of sp³-hybridized carbons (Fsp3) is 0.500. The molecule has 11 nitrogen and oxygen atoms in total. The third-order valence-electron chi connectivity index (χ3n) is 4.37. The van der Waals surface area contributed by atoms with Crippen LogP contribution < -0.4 is 0 Å². The molecule has 192 valence electrons. The van der Waals surface area contributed by atoms with Crippen LogP contribution in [0.5, 0.6) is 0 Å². The lowest BCUT2D eigenvalue weighted by Crippen LogP contribution is -2.63. The van der Waals surface area contributed by atoms with Gasteiger partial charge in [-0.2, -0.15) is 0 Å². The van der Waals surface area contributed by atoms with Gasteiger partial charge >= 0.3 is 23.9 Å². The molecule has 1 unspecified atom stereocenters. The second-order valence-corrected chi connectivity index (χ2v) is 8.37. The predicted octanol–water partition coefficient (Wildman–Crippen LogP) is 2.62. The minimum absolute atomic E-state index is 0.222. The minimum atomic E-state index is -1.50. The lowest BCUT2D eigenvalue weighted by Gasteiger charge is -2.44. The fourth-order valence-corrected chi connectivity index (χ4v) is 3.36. The highest BCUT2D eigenvalue weighted by molar-refractivity contribution is 6.53. The third kappa shape index (κ3) is 9.00. The van der Waals surface area contributed by atoms with Gasteiger partial charge in [-0.3, -0.25) is 19.2 Å². The summed E-state index contributed by atoms with van der Waals surface area (Å²) in [5.74, 6) is -3.18. The Labute approximate surface area is 211 Å². The van der Waals surface area contributed by atoms with E-state index in [1.807, 2.05) is 0 Å². The highest BCUT2D eigenvalue weighted by Crippen LogP contribution is 2.31. The summed E-state index contributed by atoms with van der Waals surface area (Å²) in [6.07, 6.45) is -6.86. The highest BCUT2D eigenvalue weighted by atomic mass is 35.5. The van der Waals surface area contributed by atoms with Crippen LogP contribution in [0.3, 0.4) is 0 Å². The molecule has 0 spiro atoms. The van der Waals surface area contributed by atoms with E-state index in [0.717, 1.165) is 20.8 Å². The molecule has 35 heavy (non-hydrogen) atoms. The first kappa shape index (κ1) is 28.3. The molecule has 0 radical (unpaired) electrons. The number of hydrogen-bond acceptors (Lipinski definition) is 11. The summed E-state index contributed by atoms with van der Waals surface area (Å²) >= 11 is 12.1. The normalized spacial score (nSPS) is 24.3. The SMILES string of the molecule is CC(=O)OC[C@H]1OC(OC(=Nc2ccccc2)C(Cl)Cl)[C@H](OC(C)=O)[C@@H](OC(C)=O)[C@@H]1OC(C)=O. The number of halogens is 2. The summed E-state index contributed by atoms with van der Waals surface area (Å²) in [5.41, 5.74) is 0.444. The second kappa shape index (κ2) is 13.3. The van der Waals surface area contributed by atoms with E-state index in [1.165, 1.54) is 6.92 Å². The number of aliphatic imine (C=N–C) groups is 1. The zero-order valence-corrected chi connectivity index (χ0v) is 20.9. The predicted molar refractivity (Wildman–Crippen MR) is 122 cm³/mol. The molecule has 1 aromatic rings. The molecule has 2 rings (SSSR count). The summed E-state index contributed by atoms with van der Waals surface area (Å²) in [7, 11) is 0. The largest absolute Gasteiger partial charge is 0.463 e. The van der Waals surface area contributed by atoms with Crippen LogP contribution in [0.1, 0.15) is 27.7 Å². The van der Waals surface area contributed by atoms with E-state index in [9.17, 15) is 19.2 Å². The molecule has 0 saturated carbocycles. The van der Waals surface area contributed by atoms with Gasteiger partial charge < -0.3 is 28.4 Å². The number of ether oxygens (including phenoxy) is 6. The van der Waals surface area contributed by atoms with Crippen LogP contribution in [0.15, 0.2) is 35.3 Å². The molecule has 1 aromatic carbocycles. The fourth-order valence-electron chi connectivity index (χ4n) is 3.16. The van der Waals surface area contributed by atoms with Crippen LogP contribution in [-0.4, -0.2) is 71.9 Å². The molecule has 1 aliphatic rings. The van der Waals surface area contributed by atoms with E-state index < -0.39 is 66.0 Å². The Balaban J connectivity index is 2.50. The van der Waals surface area contributed by atoms with Gasteiger partial charge in [-0.15, -0.1) is 0 Å². The van der Waals surface area contributed by atoms with E-state index >= 15 is 0 Å². The van der Waals surface area contributed by atoms with Crippen molar-refractivity contribution in [2.45, 2.75) is 63.2 Å². The van der Waals surface area contributed by atoms with Gasteiger partial charge in [0.1, 0.15) is 12.7 Å². The van der Waals surface area contributed by atoms with Gasteiger partial charge in [-0.05, 0) is 12.1 Å². The van der Waals surface area contributed by atoms with Gasteiger partial charge in [0.15, 0.2) is 17.0 Å². The molecule has 0 N–H and O–H groups in total. The smallest absolute Gasteiger partial charge is 0.303 e. The Hall–Kier alpha value is -2.89. The monoisotopic (exact) mass is 533 g/mol. The molecule has 1 aliphatic heterocycles. The number of benzene rings is 1. The van der Waals surface area contributed by atoms with Gasteiger partial charge in [0, 0.05) is 27.7 Å². The van der Waals surface area contributed by atoms with Gasteiger partial charge in [-0.1, -0.05) is 41.4 Å². The summed E-state index contributed by atoms with van der Waals surface area (Å²) < 4.78 is 32.6. The number of hydrogen-bond donors (Lipinski definition) is 0. The van der Waals surface area contributed by atoms with Crippen LogP contribution in [0.2, 0.25) is 0 Å². The third-order valence-corrected chi connectivity index (χ3v) is 4.74. The number of rotatable bonds is 8. The van der Waals surface area contributed by atoms with Gasteiger partial charge in [-0.25, -0.2) is 4.99 Å². The first-order valence-electron chi connectivity index (χ1n) is 10.4. The van der Waals surface area contributed by atoms with E-state index in [1.54, 1.807) is 30.3 Å². The van der Waals surface area contributed by atoms with Crippen LogP contribution in [-0.2, 0) is 47.6 Å². The van der Waals surface area contributed by atoms with E-state index in [4.69, 9.17) is 51.6 Å². The molecule has 1 heterocycles. The summed E-state index contributed by atoms with van der Waals surface area (Å²) in [4.78, 5) is 50.0. The molecular formula is C22H25Cl2NO10. The van der Waals surface area contributed by atoms with Crippen molar-refractivity contribution in [3.05, 3.63) is 30.3 Å². The second-order valence-electron chi connectivity index (χ2n) is 7.27. The van der Waals surface area contributed by atoms with E-state index in [-0.39, 0.29) is 5.90 Å². The van der Waals surface area contributed by atoms with Crippen molar-refractivity contribution >= 4 is 58.7 Å². The molecule has 0 aliphatic carbocycles. The molecule has 0 bridgehead atoms.